The van der Waals surface area contributed by atoms with Gasteiger partial charge in [0.2, 0.25) is 10.8 Å². The number of aryl methyl sites for hydroxylation is 1. The molecule has 0 aliphatic heterocycles. The Bertz CT molecular complexity index is 978. The van der Waals surface area contributed by atoms with E-state index in [0.717, 1.165) is 0 Å². The second-order valence-corrected chi connectivity index (χ2v) is 6.55. The summed E-state index contributed by atoms with van der Waals surface area (Å²) in [5, 5.41) is -0.573. The minimum atomic E-state index is -4.25. The molecule has 10 heteroatoms. The summed E-state index contributed by atoms with van der Waals surface area (Å²) in [5.41, 5.74) is 0. The summed E-state index contributed by atoms with van der Waals surface area (Å²) >= 11 is 5.89. The first-order chi connectivity index (χ1) is 10.9. The van der Waals surface area contributed by atoms with Crippen LogP contribution in [0.25, 0.3) is 5.78 Å². The zero-order chi connectivity index (χ0) is 16.6. The number of rotatable bonds is 3. The summed E-state index contributed by atoms with van der Waals surface area (Å²) in [6, 6.07) is 8.08. The minimum absolute atomic E-state index is 0.212. The molecule has 1 amide bonds. The number of carbonyl (C=O) groups excluding carboxylic acids is 1. The first-order valence-corrected chi connectivity index (χ1v) is 8.23. The van der Waals surface area contributed by atoms with Gasteiger partial charge < -0.3 is 9.30 Å². The van der Waals surface area contributed by atoms with Gasteiger partial charge in [-0.05, 0) is 12.1 Å². The van der Waals surface area contributed by atoms with Gasteiger partial charge >= 0.3 is 6.09 Å². The highest BCUT2D eigenvalue weighted by atomic mass is 35.5. The third-order valence-electron chi connectivity index (χ3n) is 2.99. The molecule has 1 aromatic carbocycles. The highest BCUT2D eigenvalue weighted by Crippen LogP contribution is 2.22. The Morgan fingerprint density at radius 1 is 1.26 bits per heavy atom. The Balaban J connectivity index is 1.89. The monoisotopic (exact) mass is 354 g/mol. The van der Waals surface area contributed by atoms with Crippen LogP contribution >= 0.6 is 11.6 Å². The van der Waals surface area contributed by atoms with Gasteiger partial charge in [0.15, 0.2) is 5.15 Å². The first-order valence-electron chi connectivity index (χ1n) is 6.37. The van der Waals surface area contributed by atoms with Crippen molar-refractivity contribution in [1.29, 1.82) is 0 Å². The van der Waals surface area contributed by atoms with E-state index in [9.17, 15) is 13.2 Å². The molecule has 3 rings (SSSR count). The third kappa shape index (κ3) is 2.88. The van der Waals surface area contributed by atoms with E-state index in [1.54, 1.807) is 40.7 Å². The highest BCUT2D eigenvalue weighted by molar-refractivity contribution is 7.90. The van der Waals surface area contributed by atoms with Crippen LogP contribution in [0.15, 0.2) is 47.8 Å². The van der Waals surface area contributed by atoms with Crippen LogP contribution in [0.4, 0.5) is 4.79 Å². The highest BCUT2D eigenvalue weighted by Gasteiger charge is 2.28. The lowest BCUT2D eigenvalue weighted by Crippen LogP contribution is -2.33. The average molecular weight is 355 g/mol. The van der Waals surface area contributed by atoms with Crippen molar-refractivity contribution in [1.82, 2.24) is 18.7 Å². The fourth-order valence-corrected chi connectivity index (χ4v) is 3.51. The Morgan fingerprint density at radius 2 is 1.96 bits per heavy atom. The van der Waals surface area contributed by atoms with E-state index in [1.807, 2.05) is 0 Å². The number of imidazole rings is 2. The Morgan fingerprint density at radius 3 is 2.65 bits per heavy atom. The minimum Gasteiger partial charge on any atom is -0.410 e. The molecule has 2 aromatic heterocycles. The normalized spacial score (nSPS) is 11.6. The number of nitrogens with one attached hydrogen (secondary N) is 1. The van der Waals surface area contributed by atoms with Crippen molar-refractivity contribution >= 4 is 33.5 Å². The lowest BCUT2D eigenvalue weighted by Gasteiger charge is -2.07. The predicted octanol–water partition coefficient (Wildman–Crippen LogP) is 1.80. The number of amides is 1. The molecule has 1 N–H and O–H groups in total. The van der Waals surface area contributed by atoms with Gasteiger partial charge in [-0.2, -0.15) is 13.4 Å². The van der Waals surface area contributed by atoms with E-state index in [4.69, 9.17) is 16.3 Å². The molecule has 2 heterocycles. The Labute approximate surface area is 136 Å². The van der Waals surface area contributed by atoms with Gasteiger partial charge in [-0.1, -0.05) is 29.8 Å². The number of sulfonamides is 1. The van der Waals surface area contributed by atoms with Crippen LogP contribution in [0.3, 0.4) is 0 Å². The van der Waals surface area contributed by atoms with Crippen molar-refractivity contribution in [3.63, 3.8) is 0 Å². The summed E-state index contributed by atoms with van der Waals surface area (Å²) in [6.45, 7) is 0. The van der Waals surface area contributed by atoms with E-state index in [0.29, 0.717) is 5.78 Å². The molecule has 0 fully saturated rings. The van der Waals surface area contributed by atoms with Crippen molar-refractivity contribution in [3.8, 4) is 5.75 Å². The number of nitrogens with zero attached hydrogens (tertiary/aromatic N) is 3. The number of benzene rings is 1. The average Bonchev–Trinajstić information content (AvgIpc) is 2.98. The smallest absolute Gasteiger partial charge is 0.410 e. The molecular weight excluding hydrogens is 344 g/mol. The maximum absolute atomic E-state index is 12.4. The van der Waals surface area contributed by atoms with Crippen molar-refractivity contribution in [2.75, 3.05) is 0 Å². The van der Waals surface area contributed by atoms with E-state index < -0.39 is 16.1 Å². The fraction of sp³-hybridized carbons (Fsp3) is 0.0769. The number of halogens is 1. The molecule has 120 valence electrons. The number of hydrogen-bond acceptors (Lipinski definition) is 5. The van der Waals surface area contributed by atoms with Crippen LogP contribution in [0.5, 0.6) is 5.75 Å². The van der Waals surface area contributed by atoms with Crippen molar-refractivity contribution in [3.05, 3.63) is 47.9 Å². The molecule has 8 nitrogen and oxygen atoms in total. The molecule has 0 saturated heterocycles. The van der Waals surface area contributed by atoms with E-state index in [-0.39, 0.29) is 15.9 Å². The van der Waals surface area contributed by atoms with Gasteiger partial charge in [-0.15, -0.1) is 0 Å². The van der Waals surface area contributed by atoms with Gasteiger partial charge in [0.1, 0.15) is 5.75 Å². The predicted molar refractivity (Wildman–Crippen MR) is 82.0 cm³/mol. The van der Waals surface area contributed by atoms with E-state index >= 15 is 0 Å². The summed E-state index contributed by atoms with van der Waals surface area (Å²) < 4.78 is 34.3. The van der Waals surface area contributed by atoms with Crippen LogP contribution in [-0.2, 0) is 17.1 Å². The molecule has 0 aliphatic rings. The molecule has 0 radical (unpaired) electrons. The van der Waals surface area contributed by atoms with Gasteiger partial charge in [0, 0.05) is 19.4 Å². The summed E-state index contributed by atoms with van der Waals surface area (Å²) in [7, 11) is -2.56. The van der Waals surface area contributed by atoms with Crippen LogP contribution in [-0.4, -0.2) is 28.5 Å². The third-order valence-corrected chi connectivity index (χ3v) is 4.70. The fourth-order valence-electron chi connectivity index (χ4n) is 2.01. The lowest BCUT2D eigenvalue weighted by atomic mass is 10.3. The van der Waals surface area contributed by atoms with Crippen molar-refractivity contribution < 1.29 is 17.9 Å². The molecule has 0 atom stereocenters. The summed E-state index contributed by atoms with van der Waals surface area (Å²) in [6.07, 6.45) is 1.95. The van der Waals surface area contributed by atoms with Crippen molar-refractivity contribution in [2.45, 2.75) is 5.03 Å². The topological polar surface area (TPSA) is 94.7 Å². The van der Waals surface area contributed by atoms with Crippen LogP contribution in [0.2, 0.25) is 5.15 Å². The van der Waals surface area contributed by atoms with Gasteiger partial charge in [-0.3, -0.25) is 4.40 Å². The molecule has 0 saturated carbocycles. The van der Waals surface area contributed by atoms with Gasteiger partial charge in [0.25, 0.3) is 10.0 Å². The Kier molecular flexibility index (Phi) is 3.74. The van der Waals surface area contributed by atoms with Crippen LogP contribution in [0, 0.1) is 0 Å². The largest absolute Gasteiger partial charge is 0.426 e. The summed E-state index contributed by atoms with van der Waals surface area (Å²) in [5.74, 6) is 0.538. The zero-order valence-electron chi connectivity index (χ0n) is 11.8. The molecular formula is C13H11ClN4O4S. The SMILES string of the molecule is Cn1ccn2c(S(=O)(=O)NC(=O)Oc3ccccc3)c(Cl)nc12. The maximum atomic E-state index is 12.4. The second kappa shape index (κ2) is 5.60. The van der Waals surface area contributed by atoms with Crippen molar-refractivity contribution in [2.24, 2.45) is 7.05 Å². The summed E-state index contributed by atoms with van der Waals surface area (Å²) in [4.78, 5) is 15.7. The molecule has 0 unspecified atom stereocenters. The lowest BCUT2D eigenvalue weighted by molar-refractivity contribution is 0.207. The Hall–Kier alpha value is -2.52. The van der Waals surface area contributed by atoms with E-state index in [1.165, 1.54) is 22.7 Å². The van der Waals surface area contributed by atoms with Gasteiger partial charge in [-0.25, -0.2) is 9.52 Å². The number of carbonyl (C=O) groups is 1. The first kappa shape index (κ1) is 15.4. The number of aromatic nitrogens is 3. The maximum Gasteiger partial charge on any atom is 0.426 e. The molecule has 23 heavy (non-hydrogen) atoms. The molecule has 0 spiro atoms. The van der Waals surface area contributed by atoms with E-state index in [2.05, 4.69) is 4.98 Å². The number of para-hydroxylation sites is 1. The van der Waals surface area contributed by atoms with Crippen LogP contribution < -0.4 is 9.46 Å². The van der Waals surface area contributed by atoms with Gasteiger partial charge in [0.05, 0.1) is 0 Å². The zero-order valence-corrected chi connectivity index (χ0v) is 13.4. The quantitative estimate of drug-likeness (QED) is 0.774. The van der Waals surface area contributed by atoms with Crippen LogP contribution in [0.1, 0.15) is 0 Å². The molecule has 3 aromatic rings. The standard InChI is InChI=1S/C13H11ClN4O4S/c1-17-7-8-18-11(10(14)15-12(17)18)23(20,21)16-13(19)22-9-5-3-2-4-6-9/h2-8H,1H3,(H,16,19). The number of fused-ring (bicyclic) bond motifs is 1. The molecule has 0 bridgehead atoms. The second-order valence-electron chi connectivity index (χ2n) is 4.59. The number of ether oxygens (including phenoxy) is 1. The molecule has 0 aliphatic carbocycles. The number of hydrogen-bond donors (Lipinski definition) is 1.